The molecular weight excluding hydrogens is 296 g/mol. The van der Waals surface area contributed by atoms with Gasteiger partial charge in [0.15, 0.2) is 0 Å². The predicted molar refractivity (Wildman–Crippen MR) is 101 cm³/mol. The van der Waals surface area contributed by atoms with Gasteiger partial charge >= 0.3 is 0 Å². The van der Waals surface area contributed by atoms with Crippen LogP contribution in [0.2, 0.25) is 0 Å². The Labute approximate surface area is 145 Å². The predicted octanol–water partition coefficient (Wildman–Crippen LogP) is 4.05. The minimum absolute atomic E-state index is 0.828. The normalized spacial score (nSPS) is 15.5. The third kappa shape index (κ3) is 4.05. The Kier molecular flexibility index (Phi) is 5.34. The molecule has 4 nitrogen and oxygen atoms in total. The third-order valence-electron chi connectivity index (χ3n) is 4.84. The van der Waals surface area contributed by atoms with Crippen molar-refractivity contribution in [3.8, 4) is 0 Å². The lowest BCUT2D eigenvalue weighted by atomic mass is 9.99. The molecule has 1 aromatic carbocycles. The Morgan fingerprint density at radius 2 is 1.83 bits per heavy atom. The van der Waals surface area contributed by atoms with E-state index < -0.39 is 0 Å². The summed E-state index contributed by atoms with van der Waals surface area (Å²) in [7, 11) is 0. The van der Waals surface area contributed by atoms with Crippen molar-refractivity contribution in [1.82, 2.24) is 9.97 Å². The highest BCUT2D eigenvalue weighted by Gasteiger charge is 2.19. The molecule has 128 valence electrons. The monoisotopic (exact) mass is 324 g/mol. The first kappa shape index (κ1) is 16.7. The number of aromatic nitrogens is 2. The van der Waals surface area contributed by atoms with E-state index in [9.17, 15) is 0 Å². The van der Waals surface area contributed by atoms with Gasteiger partial charge in [-0.15, -0.1) is 0 Å². The average Bonchev–Trinajstić information content (AvgIpc) is 2.60. The number of anilines is 2. The van der Waals surface area contributed by atoms with Crippen molar-refractivity contribution in [1.29, 1.82) is 0 Å². The molecule has 2 heterocycles. The SMILES string of the molecule is CCN(Cc1ccccc1)c1cc(N2CCC(C)CC2)nc(C)n1. The fourth-order valence-electron chi connectivity index (χ4n) is 3.26. The first-order chi connectivity index (χ1) is 11.7. The van der Waals surface area contributed by atoms with Crippen LogP contribution in [0.3, 0.4) is 0 Å². The zero-order valence-corrected chi connectivity index (χ0v) is 15.1. The molecule has 3 rings (SSSR count). The van der Waals surface area contributed by atoms with Gasteiger partial charge in [0.25, 0.3) is 0 Å². The van der Waals surface area contributed by atoms with E-state index in [1.165, 1.54) is 18.4 Å². The summed E-state index contributed by atoms with van der Waals surface area (Å²) < 4.78 is 0. The number of hydrogen-bond acceptors (Lipinski definition) is 4. The highest BCUT2D eigenvalue weighted by molar-refractivity contribution is 5.51. The van der Waals surface area contributed by atoms with Gasteiger partial charge in [0.1, 0.15) is 17.5 Å². The number of aryl methyl sites for hydroxylation is 1. The molecular formula is C20H28N4. The Hall–Kier alpha value is -2.10. The fourth-order valence-corrected chi connectivity index (χ4v) is 3.26. The molecule has 1 aliphatic rings. The van der Waals surface area contributed by atoms with E-state index in [1.54, 1.807) is 0 Å². The van der Waals surface area contributed by atoms with Gasteiger partial charge in [0.2, 0.25) is 0 Å². The molecule has 0 N–H and O–H groups in total. The molecule has 0 saturated carbocycles. The van der Waals surface area contributed by atoms with Gasteiger partial charge in [0, 0.05) is 32.2 Å². The Morgan fingerprint density at radius 3 is 2.50 bits per heavy atom. The number of hydrogen-bond donors (Lipinski definition) is 0. The minimum atomic E-state index is 0.828. The van der Waals surface area contributed by atoms with Gasteiger partial charge in [-0.1, -0.05) is 37.3 Å². The minimum Gasteiger partial charge on any atom is -0.356 e. The maximum Gasteiger partial charge on any atom is 0.134 e. The molecule has 1 saturated heterocycles. The summed E-state index contributed by atoms with van der Waals surface area (Å²) in [5.41, 5.74) is 1.31. The topological polar surface area (TPSA) is 32.3 Å². The third-order valence-corrected chi connectivity index (χ3v) is 4.84. The van der Waals surface area contributed by atoms with E-state index >= 15 is 0 Å². The molecule has 1 aliphatic heterocycles. The summed E-state index contributed by atoms with van der Waals surface area (Å²) >= 11 is 0. The largest absolute Gasteiger partial charge is 0.356 e. The molecule has 24 heavy (non-hydrogen) atoms. The zero-order valence-electron chi connectivity index (χ0n) is 15.1. The average molecular weight is 324 g/mol. The van der Waals surface area contributed by atoms with Crippen LogP contribution in [0, 0.1) is 12.8 Å². The van der Waals surface area contributed by atoms with Crippen LogP contribution in [-0.2, 0) is 6.54 Å². The Bertz CT molecular complexity index is 648. The summed E-state index contributed by atoms with van der Waals surface area (Å²) in [6.07, 6.45) is 2.50. The highest BCUT2D eigenvalue weighted by atomic mass is 15.2. The molecule has 0 aliphatic carbocycles. The van der Waals surface area contributed by atoms with Crippen molar-refractivity contribution < 1.29 is 0 Å². The van der Waals surface area contributed by atoms with Gasteiger partial charge in [0.05, 0.1) is 0 Å². The molecule has 0 atom stereocenters. The number of piperidine rings is 1. The van der Waals surface area contributed by atoms with Crippen molar-refractivity contribution in [2.75, 3.05) is 29.4 Å². The van der Waals surface area contributed by atoms with Crippen molar-refractivity contribution in [2.24, 2.45) is 5.92 Å². The van der Waals surface area contributed by atoms with Gasteiger partial charge in [-0.05, 0) is 38.2 Å². The van der Waals surface area contributed by atoms with E-state index in [4.69, 9.17) is 9.97 Å². The molecule has 2 aromatic rings. The van der Waals surface area contributed by atoms with E-state index in [0.29, 0.717) is 0 Å². The lowest BCUT2D eigenvalue weighted by Gasteiger charge is -2.32. The van der Waals surface area contributed by atoms with Crippen molar-refractivity contribution in [3.05, 3.63) is 47.8 Å². The van der Waals surface area contributed by atoms with Crippen LogP contribution in [0.5, 0.6) is 0 Å². The van der Waals surface area contributed by atoms with Crippen molar-refractivity contribution in [2.45, 2.75) is 40.2 Å². The lowest BCUT2D eigenvalue weighted by Crippen LogP contribution is -2.34. The zero-order chi connectivity index (χ0) is 16.9. The quantitative estimate of drug-likeness (QED) is 0.830. The van der Waals surface area contributed by atoms with Crippen LogP contribution in [0.15, 0.2) is 36.4 Å². The van der Waals surface area contributed by atoms with Crippen molar-refractivity contribution >= 4 is 11.6 Å². The maximum absolute atomic E-state index is 4.70. The van der Waals surface area contributed by atoms with E-state index in [0.717, 1.165) is 49.6 Å². The van der Waals surface area contributed by atoms with Gasteiger partial charge < -0.3 is 9.80 Å². The summed E-state index contributed by atoms with van der Waals surface area (Å²) in [5, 5.41) is 0. The van der Waals surface area contributed by atoms with Gasteiger partial charge in [-0.25, -0.2) is 9.97 Å². The fraction of sp³-hybridized carbons (Fsp3) is 0.500. The molecule has 1 fully saturated rings. The Balaban J connectivity index is 1.81. The summed E-state index contributed by atoms with van der Waals surface area (Å²) in [5.74, 6) is 3.79. The molecule has 0 radical (unpaired) electrons. The van der Waals surface area contributed by atoms with Crippen molar-refractivity contribution in [3.63, 3.8) is 0 Å². The smallest absolute Gasteiger partial charge is 0.134 e. The van der Waals surface area contributed by atoms with Crippen LogP contribution in [-0.4, -0.2) is 29.6 Å². The van der Waals surface area contributed by atoms with E-state index in [1.807, 2.05) is 6.92 Å². The van der Waals surface area contributed by atoms with Crippen LogP contribution < -0.4 is 9.80 Å². The number of rotatable bonds is 5. The van der Waals surface area contributed by atoms with Crippen LogP contribution in [0.25, 0.3) is 0 Å². The molecule has 0 amide bonds. The van der Waals surface area contributed by atoms with Crippen LogP contribution in [0.4, 0.5) is 11.6 Å². The molecule has 0 spiro atoms. The Morgan fingerprint density at radius 1 is 1.12 bits per heavy atom. The highest BCUT2D eigenvalue weighted by Crippen LogP contribution is 2.25. The van der Waals surface area contributed by atoms with Gasteiger partial charge in [-0.2, -0.15) is 0 Å². The standard InChI is InChI=1S/C20H28N4/c1-4-23(15-18-8-6-5-7-9-18)19-14-20(22-17(3)21-19)24-12-10-16(2)11-13-24/h5-9,14,16H,4,10-13,15H2,1-3H3. The lowest BCUT2D eigenvalue weighted by molar-refractivity contribution is 0.436. The first-order valence-electron chi connectivity index (χ1n) is 9.05. The molecule has 0 bridgehead atoms. The molecule has 1 aromatic heterocycles. The summed E-state index contributed by atoms with van der Waals surface area (Å²) in [4.78, 5) is 14.1. The van der Waals surface area contributed by atoms with Gasteiger partial charge in [-0.3, -0.25) is 0 Å². The number of nitrogens with zero attached hydrogens (tertiary/aromatic N) is 4. The summed E-state index contributed by atoms with van der Waals surface area (Å²) in [6, 6.07) is 12.7. The van der Waals surface area contributed by atoms with Crippen LogP contribution >= 0.6 is 0 Å². The van der Waals surface area contributed by atoms with E-state index in [2.05, 4.69) is 60.0 Å². The van der Waals surface area contributed by atoms with Crippen LogP contribution in [0.1, 0.15) is 38.1 Å². The maximum atomic E-state index is 4.70. The second-order valence-electron chi connectivity index (χ2n) is 6.80. The molecule has 0 unspecified atom stereocenters. The second kappa shape index (κ2) is 7.65. The second-order valence-corrected chi connectivity index (χ2v) is 6.80. The molecule has 4 heteroatoms. The first-order valence-corrected chi connectivity index (χ1v) is 9.05. The summed E-state index contributed by atoms with van der Waals surface area (Å²) in [6.45, 7) is 10.5. The van der Waals surface area contributed by atoms with E-state index in [-0.39, 0.29) is 0 Å². The number of benzene rings is 1.